The number of carbonyl (C=O) groups excluding carboxylic acids is 1. The normalized spacial score (nSPS) is 11.6. The highest BCUT2D eigenvalue weighted by Crippen LogP contribution is 2.20. The number of esters is 1. The number of ether oxygens (including phenoxy) is 1. The van der Waals surface area contributed by atoms with Crippen molar-refractivity contribution < 1.29 is 9.53 Å². The SMILES string of the molecule is C=C(/C=C\C(=C/C)C(=O)OC)c1ccc(N)c(C)c1. The Hall–Kier alpha value is -2.29. The fourth-order valence-corrected chi connectivity index (χ4v) is 1.56. The van der Waals surface area contributed by atoms with E-state index in [-0.39, 0.29) is 5.97 Å². The Labute approximate surface area is 114 Å². The van der Waals surface area contributed by atoms with Gasteiger partial charge in [-0.05, 0) is 48.8 Å². The Morgan fingerprint density at radius 3 is 2.58 bits per heavy atom. The lowest BCUT2D eigenvalue weighted by molar-refractivity contribution is -0.135. The molecule has 0 fully saturated rings. The largest absolute Gasteiger partial charge is 0.465 e. The maximum atomic E-state index is 11.4. The zero-order valence-electron chi connectivity index (χ0n) is 11.6. The highest BCUT2D eigenvalue weighted by molar-refractivity contribution is 5.92. The van der Waals surface area contributed by atoms with Crippen LogP contribution in [0.5, 0.6) is 0 Å². The minimum absolute atomic E-state index is 0.361. The third-order valence-corrected chi connectivity index (χ3v) is 2.84. The van der Waals surface area contributed by atoms with Gasteiger partial charge in [-0.25, -0.2) is 4.79 Å². The quantitative estimate of drug-likeness (QED) is 0.390. The van der Waals surface area contributed by atoms with Crippen LogP contribution in [0.15, 0.2) is 48.6 Å². The Morgan fingerprint density at radius 2 is 2.05 bits per heavy atom. The Bertz CT molecular complexity index is 554. The maximum absolute atomic E-state index is 11.4. The molecule has 0 aliphatic heterocycles. The molecule has 0 heterocycles. The van der Waals surface area contributed by atoms with Crippen molar-refractivity contribution in [3.63, 3.8) is 0 Å². The summed E-state index contributed by atoms with van der Waals surface area (Å²) in [6, 6.07) is 5.72. The molecule has 0 aliphatic rings. The summed E-state index contributed by atoms with van der Waals surface area (Å²) in [5.41, 5.74) is 9.81. The van der Waals surface area contributed by atoms with Crippen LogP contribution in [-0.4, -0.2) is 13.1 Å². The van der Waals surface area contributed by atoms with Crippen LogP contribution in [0.2, 0.25) is 0 Å². The van der Waals surface area contributed by atoms with Crippen molar-refractivity contribution >= 4 is 17.2 Å². The number of nitrogens with two attached hydrogens (primary N) is 1. The van der Waals surface area contributed by atoms with Gasteiger partial charge in [0, 0.05) is 5.69 Å². The van der Waals surface area contributed by atoms with Gasteiger partial charge >= 0.3 is 5.97 Å². The minimum Gasteiger partial charge on any atom is -0.465 e. The molecular weight excluding hydrogens is 238 g/mol. The van der Waals surface area contributed by atoms with Crippen molar-refractivity contribution in [3.8, 4) is 0 Å². The van der Waals surface area contributed by atoms with Gasteiger partial charge < -0.3 is 10.5 Å². The lowest BCUT2D eigenvalue weighted by Gasteiger charge is -2.05. The van der Waals surface area contributed by atoms with Crippen molar-refractivity contribution in [1.82, 2.24) is 0 Å². The fraction of sp³-hybridized carbons (Fsp3) is 0.188. The number of methoxy groups -OCH3 is 1. The summed E-state index contributed by atoms with van der Waals surface area (Å²) in [4.78, 5) is 11.4. The number of aryl methyl sites for hydroxylation is 1. The van der Waals surface area contributed by atoms with Crippen LogP contribution < -0.4 is 5.73 Å². The lowest BCUT2D eigenvalue weighted by Crippen LogP contribution is -2.02. The molecule has 2 N–H and O–H groups in total. The van der Waals surface area contributed by atoms with Gasteiger partial charge in [0.15, 0.2) is 0 Å². The number of hydrogen-bond donors (Lipinski definition) is 1. The van der Waals surface area contributed by atoms with Crippen LogP contribution in [0.3, 0.4) is 0 Å². The summed E-state index contributed by atoms with van der Waals surface area (Å²) in [6.07, 6.45) is 5.18. The van der Waals surface area contributed by atoms with Gasteiger partial charge in [0.2, 0.25) is 0 Å². The van der Waals surface area contributed by atoms with E-state index in [1.807, 2.05) is 25.1 Å². The first kappa shape index (κ1) is 14.8. The van der Waals surface area contributed by atoms with Gasteiger partial charge in [0.1, 0.15) is 0 Å². The smallest absolute Gasteiger partial charge is 0.337 e. The van der Waals surface area contributed by atoms with Crippen molar-refractivity contribution in [2.45, 2.75) is 13.8 Å². The summed E-state index contributed by atoms with van der Waals surface area (Å²) in [5, 5.41) is 0. The van der Waals surface area contributed by atoms with Crippen LogP contribution in [-0.2, 0) is 9.53 Å². The van der Waals surface area contributed by atoms with Crippen molar-refractivity contribution in [3.05, 3.63) is 59.7 Å². The first-order valence-electron chi connectivity index (χ1n) is 5.97. The second kappa shape index (κ2) is 6.59. The van der Waals surface area contributed by atoms with E-state index >= 15 is 0 Å². The molecule has 0 radical (unpaired) electrons. The molecule has 0 aromatic heterocycles. The molecule has 0 bridgehead atoms. The number of benzene rings is 1. The highest BCUT2D eigenvalue weighted by Gasteiger charge is 2.04. The summed E-state index contributed by atoms with van der Waals surface area (Å²) >= 11 is 0. The average molecular weight is 257 g/mol. The van der Waals surface area contributed by atoms with Gasteiger partial charge in [0.05, 0.1) is 12.7 Å². The summed E-state index contributed by atoms with van der Waals surface area (Å²) in [7, 11) is 1.36. The van der Waals surface area contributed by atoms with Crippen LogP contribution in [0.4, 0.5) is 5.69 Å². The molecular formula is C16H19NO2. The minimum atomic E-state index is -0.361. The Kier molecular flexibility index (Phi) is 5.12. The highest BCUT2D eigenvalue weighted by atomic mass is 16.5. The fourth-order valence-electron chi connectivity index (χ4n) is 1.56. The molecule has 0 aliphatic carbocycles. The van der Waals surface area contributed by atoms with Crippen LogP contribution in [0.25, 0.3) is 5.57 Å². The third-order valence-electron chi connectivity index (χ3n) is 2.84. The number of hydrogen-bond acceptors (Lipinski definition) is 3. The number of carbonyl (C=O) groups is 1. The van der Waals surface area contributed by atoms with E-state index in [0.717, 1.165) is 22.4 Å². The molecule has 100 valence electrons. The standard InChI is InChI=1S/C16H19NO2/c1-5-13(16(18)19-4)7-6-11(2)14-8-9-15(17)12(3)10-14/h5-10H,2,17H2,1,3-4H3/b7-6-,13-5+. The molecule has 0 amide bonds. The van der Waals surface area contributed by atoms with Gasteiger partial charge in [-0.1, -0.05) is 24.8 Å². The van der Waals surface area contributed by atoms with Crippen molar-refractivity contribution in [2.75, 3.05) is 12.8 Å². The average Bonchev–Trinajstić information content (AvgIpc) is 2.41. The molecule has 0 saturated carbocycles. The maximum Gasteiger partial charge on any atom is 0.337 e. The van der Waals surface area contributed by atoms with Crippen LogP contribution in [0.1, 0.15) is 18.1 Å². The topological polar surface area (TPSA) is 52.3 Å². The van der Waals surface area contributed by atoms with Crippen LogP contribution >= 0.6 is 0 Å². The molecule has 3 heteroatoms. The number of rotatable bonds is 4. The van der Waals surface area contributed by atoms with E-state index in [4.69, 9.17) is 5.73 Å². The van der Waals surface area contributed by atoms with E-state index < -0.39 is 0 Å². The second-order valence-electron chi connectivity index (χ2n) is 4.17. The molecule has 19 heavy (non-hydrogen) atoms. The predicted molar refractivity (Wildman–Crippen MR) is 79.5 cm³/mol. The van der Waals surface area contributed by atoms with Gasteiger partial charge in [-0.3, -0.25) is 0 Å². The monoisotopic (exact) mass is 257 g/mol. The molecule has 3 nitrogen and oxygen atoms in total. The van der Waals surface area contributed by atoms with Gasteiger partial charge in [0.25, 0.3) is 0 Å². The van der Waals surface area contributed by atoms with Crippen molar-refractivity contribution in [2.24, 2.45) is 0 Å². The van der Waals surface area contributed by atoms with E-state index in [0.29, 0.717) is 5.57 Å². The number of nitrogen functional groups attached to an aromatic ring is 1. The third kappa shape index (κ3) is 3.85. The zero-order valence-corrected chi connectivity index (χ0v) is 11.6. The van der Waals surface area contributed by atoms with Crippen molar-refractivity contribution in [1.29, 1.82) is 0 Å². The van der Waals surface area contributed by atoms with E-state index in [2.05, 4.69) is 11.3 Å². The first-order chi connectivity index (χ1) is 8.99. The lowest BCUT2D eigenvalue weighted by atomic mass is 10.0. The summed E-state index contributed by atoms with van der Waals surface area (Å²) in [6.45, 7) is 7.71. The molecule has 1 aromatic rings. The predicted octanol–water partition coefficient (Wildman–Crippen LogP) is 3.27. The Balaban J connectivity index is 2.90. The molecule has 1 rings (SSSR count). The van der Waals surface area contributed by atoms with Gasteiger partial charge in [-0.2, -0.15) is 0 Å². The number of allylic oxidation sites excluding steroid dienone is 3. The first-order valence-corrected chi connectivity index (χ1v) is 5.97. The molecule has 0 spiro atoms. The summed E-state index contributed by atoms with van der Waals surface area (Å²) in [5.74, 6) is -0.361. The Morgan fingerprint density at radius 1 is 1.37 bits per heavy atom. The van der Waals surface area contributed by atoms with E-state index in [1.165, 1.54) is 7.11 Å². The second-order valence-corrected chi connectivity index (χ2v) is 4.17. The summed E-state index contributed by atoms with van der Waals surface area (Å²) < 4.78 is 4.67. The molecule has 0 atom stereocenters. The van der Waals surface area contributed by atoms with Gasteiger partial charge in [-0.15, -0.1) is 0 Å². The zero-order chi connectivity index (χ0) is 14.4. The molecule has 1 aromatic carbocycles. The van der Waals surface area contributed by atoms with E-state index in [9.17, 15) is 4.79 Å². The van der Waals surface area contributed by atoms with Crippen LogP contribution in [0, 0.1) is 6.92 Å². The number of anilines is 1. The molecule has 0 saturated heterocycles. The molecule has 0 unspecified atom stereocenters. The van der Waals surface area contributed by atoms with E-state index in [1.54, 1.807) is 25.2 Å².